The smallest absolute Gasteiger partial charge is 0.203 e. The third-order valence-electron chi connectivity index (χ3n) is 5.61. The first-order valence-corrected chi connectivity index (χ1v) is 8.96. The Balaban J connectivity index is 1.37. The summed E-state index contributed by atoms with van der Waals surface area (Å²) in [5.41, 5.74) is 0.921. The molecule has 2 saturated heterocycles. The van der Waals surface area contributed by atoms with Gasteiger partial charge in [0.1, 0.15) is 5.82 Å². The first kappa shape index (κ1) is 13.7. The van der Waals surface area contributed by atoms with E-state index in [0.29, 0.717) is 17.9 Å². The first-order valence-electron chi connectivity index (χ1n) is 8.96. The largest absolute Gasteiger partial charge is 0.378 e. The van der Waals surface area contributed by atoms with Crippen molar-refractivity contribution in [3.63, 3.8) is 0 Å². The summed E-state index contributed by atoms with van der Waals surface area (Å²) < 4.78 is 8.02. The van der Waals surface area contributed by atoms with Gasteiger partial charge in [0.05, 0.1) is 6.10 Å². The summed E-state index contributed by atoms with van der Waals surface area (Å²) in [5, 5.41) is 8.85. The second-order valence-corrected chi connectivity index (χ2v) is 7.15. The Bertz CT molecular complexity index is 696. The zero-order valence-electron chi connectivity index (χ0n) is 13.4. The Kier molecular flexibility index (Phi) is 3.25. The van der Waals surface area contributed by atoms with Gasteiger partial charge in [0.2, 0.25) is 5.65 Å². The van der Waals surface area contributed by atoms with Gasteiger partial charge in [0.25, 0.3) is 0 Å². The van der Waals surface area contributed by atoms with E-state index in [1.54, 1.807) is 0 Å². The van der Waals surface area contributed by atoms with Gasteiger partial charge < -0.3 is 9.64 Å². The summed E-state index contributed by atoms with van der Waals surface area (Å²) in [6.07, 6.45) is 11.7. The number of rotatable bonds is 3. The average molecular weight is 313 g/mol. The van der Waals surface area contributed by atoms with Gasteiger partial charge in [-0.15, -0.1) is 10.2 Å². The number of hydrogen-bond acceptors (Lipinski definition) is 5. The Morgan fingerprint density at radius 2 is 1.91 bits per heavy atom. The van der Waals surface area contributed by atoms with Gasteiger partial charge in [-0.1, -0.05) is 0 Å². The van der Waals surface area contributed by atoms with Crippen molar-refractivity contribution in [3.8, 4) is 0 Å². The lowest BCUT2D eigenvalue weighted by atomic mass is 9.90. The summed E-state index contributed by atoms with van der Waals surface area (Å²) >= 11 is 0. The molecular weight excluding hydrogens is 290 g/mol. The van der Waals surface area contributed by atoms with Crippen molar-refractivity contribution >= 4 is 11.5 Å². The molecule has 5 rings (SSSR count). The lowest BCUT2D eigenvalue weighted by molar-refractivity contribution is 0.0531. The first-order chi connectivity index (χ1) is 11.4. The van der Waals surface area contributed by atoms with Crippen LogP contribution in [0.3, 0.4) is 0 Å². The molecule has 0 bridgehead atoms. The topological polar surface area (TPSA) is 55.5 Å². The molecule has 6 nitrogen and oxygen atoms in total. The minimum Gasteiger partial charge on any atom is -0.378 e. The molecule has 2 aliphatic heterocycles. The highest BCUT2D eigenvalue weighted by atomic mass is 16.5. The predicted octanol–water partition coefficient (Wildman–Crippen LogP) is 2.40. The quantitative estimate of drug-likeness (QED) is 0.871. The van der Waals surface area contributed by atoms with Crippen molar-refractivity contribution in [2.75, 3.05) is 24.6 Å². The monoisotopic (exact) mass is 313 g/mol. The fourth-order valence-electron chi connectivity index (χ4n) is 4.13. The van der Waals surface area contributed by atoms with Crippen LogP contribution in [0.2, 0.25) is 0 Å². The van der Waals surface area contributed by atoms with Gasteiger partial charge in [0, 0.05) is 38.0 Å². The zero-order chi connectivity index (χ0) is 15.2. The molecule has 0 N–H and O–H groups in total. The van der Waals surface area contributed by atoms with Gasteiger partial charge >= 0.3 is 0 Å². The number of nitrogens with zero attached hydrogens (tertiary/aromatic N) is 5. The molecule has 3 fully saturated rings. The molecular formula is C17H23N5O. The molecule has 0 radical (unpaired) electrons. The van der Waals surface area contributed by atoms with Crippen LogP contribution in [0.4, 0.5) is 5.82 Å². The number of ether oxygens (including phenoxy) is 1. The van der Waals surface area contributed by atoms with Gasteiger partial charge in [-0.25, -0.2) is 4.98 Å². The highest BCUT2D eigenvalue weighted by molar-refractivity contribution is 5.64. The lowest BCUT2D eigenvalue weighted by Crippen LogP contribution is -2.38. The molecule has 2 aromatic rings. The third kappa shape index (κ3) is 2.40. The summed E-state index contributed by atoms with van der Waals surface area (Å²) in [7, 11) is 0. The molecule has 3 aliphatic rings. The van der Waals surface area contributed by atoms with Gasteiger partial charge in [-0.3, -0.25) is 4.40 Å². The van der Waals surface area contributed by atoms with Crippen molar-refractivity contribution in [2.45, 2.75) is 50.5 Å². The molecule has 0 spiro atoms. The van der Waals surface area contributed by atoms with Crippen LogP contribution < -0.4 is 4.90 Å². The van der Waals surface area contributed by atoms with Gasteiger partial charge in [-0.2, -0.15) is 0 Å². The van der Waals surface area contributed by atoms with Gasteiger partial charge in [0.15, 0.2) is 5.82 Å². The number of anilines is 1. The van der Waals surface area contributed by atoms with Crippen LogP contribution in [0.15, 0.2) is 12.4 Å². The summed E-state index contributed by atoms with van der Waals surface area (Å²) in [6.45, 7) is 3.04. The Morgan fingerprint density at radius 3 is 2.65 bits per heavy atom. The maximum Gasteiger partial charge on any atom is 0.203 e. The van der Waals surface area contributed by atoms with Crippen molar-refractivity contribution < 1.29 is 4.74 Å². The summed E-state index contributed by atoms with van der Waals surface area (Å²) in [6, 6.07) is 0. The van der Waals surface area contributed by atoms with Crippen molar-refractivity contribution in [1.29, 1.82) is 0 Å². The summed E-state index contributed by atoms with van der Waals surface area (Å²) in [5.74, 6) is 3.43. The Labute approximate surface area is 135 Å². The summed E-state index contributed by atoms with van der Waals surface area (Å²) in [4.78, 5) is 7.00. The van der Waals surface area contributed by atoms with Crippen LogP contribution in [0.1, 0.15) is 50.3 Å². The maximum absolute atomic E-state index is 5.88. The average Bonchev–Trinajstić information content (AvgIpc) is 3.13. The Hall–Kier alpha value is -1.69. The Morgan fingerprint density at radius 1 is 1.04 bits per heavy atom. The second-order valence-electron chi connectivity index (χ2n) is 7.15. The van der Waals surface area contributed by atoms with E-state index in [1.807, 2.05) is 12.4 Å². The second kappa shape index (κ2) is 5.44. The van der Waals surface area contributed by atoms with Crippen LogP contribution in [0.25, 0.3) is 5.65 Å². The number of piperidine rings is 1. The number of hydrogen-bond donors (Lipinski definition) is 0. The van der Waals surface area contributed by atoms with Crippen molar-refractivity contribution in [1.82, 2.24) is 19.6 Å². The minimum absolute atomic E-state index is 0.496. The molecule has 122 valence electrons. The molecule has 0 amide bonds. The van der Waals surface area contributed by atoms with Gasteiger partial charge in [-0.05, 0) is 44.4 Å². The molecule has 2 aromatic heterocycles. The molecule has 23 heavy (non-hydrogen) atoms. The maximum atomic E-state index is 5.88. The molecule has 1 atom stereocenters. The van der Waals surface area contributed by atoms with Crippen LogP contribution in [-0.4, -0.2) is 45.4 Å². The highest BCUT2D eigenvalue weighted by Crippen LogP contribution is 2.39. The van der Waals surface area contributed by atoms with Crippen LogP contribution in [-0.2, 0) is 4.74 Å². The third-order valence-corrected chi connectivity index (χ3v) is 5.61. The van der Waals surface area contributed by atoms with E-state index in [2.05, 4.69) is 24.5 Å². The highest BCUT2D eigenvalue weighted by Gasteiger charge is 2.32. The van der Waals surface area contributed by atoms with E-state index in [9.17, 15) is 0 Å². The van der Waals surface area contributed by atoms with E-state index in [4.69, 9.17) is 4.74 Å². The fraction of sp³-hybridized carbons (Fsp3) is 0.706. The number of fused-ring (bicyclic) bond motifs is 1. The molecule has 0 aromatic carbocycles. The predicted molar refractivity (Wildman–Crippen MR) is 86.7 cm³/mol. The van der Waals surface area contributed by atoms with Crippen LogP contribution in [0.5, 0.6) is 0 Å². The normalized spacial score (nSPS) is 26.3. The van der Waals surface area contributed by atoms with Crippen molar-refractivity contribution in [2.24, 2.45) is 5.92 Å². The lowest BCUT2D eigenvalue weighted by Gasteiger charge is -2.35. The molecule has 6 heteroatoms. The molecule has 1 unspecified atom stereocenters. The molecule has 1 aliphatic carbocycles. The van der Waals surface area contributed by atoms with E-state index >= 15 is 0 Å². The molecule has 4 heterocycles. The van der Waals surface area contributed by atoms with E-state index < -0.39 is 0 Å². The standard InChI is InChI=1S/C17H23N5O/c1-2-14(23-11-1)12-5-8-21(9-6-12)16-17-20-19-15(13-3-4-13)22(17)10-7-18-16/h7,10,12-14H,1-6,8-9,11H2. The fourth-order valence-corrected chi connectivity index (χ4v) is 4.13. The van der Waals surface area contributed by atoms with Crippen LogP contribution >= 0.6 is 0 Å². The van der Waals surface area contributed by atoms with Crippen molar-refractivity contribution in [3.05, 3.63) is 18.2 Å². The van der Waals surface area contributed by atoms with Crippen LogP contribution in [0, 0.1) is 5.92 Å². The SMILES string of the molecule is c1cn2c(C3CC3)nnc2c(N2CCC(C3CCCO3)CC2)n1. The molecule has 1 saturated carbocycles. The van der Waals surface area contributed by atoms with E-state index in [1.165, 1.54) is 38.5 Å². The number of aromatic nitrogens is 4. The van der Waals surface area contributed by atoms with E-state index in [0.717, 1.165) is 37.0 Å². The minimum atomic E-state index is 0.496. The van der Waals surface area contributed by atoms with E-state index in [-0.39, 0.29) is 0 Å². The zero-order valence-corrected chi connectivity index (χ0v) is 13.4.